The fourth-order valence-electron chi connectivity index (χ4n) is 5.65. The van der Waals surface area contributed by atoms with Gasteiger partial charge in [0.1, 0.15) is 0 Å². The summed E-state index contributed by atoms with van der Waals surface area (Å²) in [5.74, 6) is 0.0326. The number of nitrogens with zero attached hydrogens (tertiary/aromatic N) is 3. The Kier molecular flexibility index (Phi) is 9.21. The normalized spacial score (nSPS) is 20.8. The number of nitrogens with one attached hydrogen (secondary N) is 1. The van der Waals surface area contributed by atoms with Crippen molar-refractivity contribution < 1.29 is 4.79 Å². The second-order valence-corrected chi connectivity index (χ2v) is 10.6. The van der Waals surface area contributed by atoms with E-state index in [1.165, 1.54) is 16.8 Å². The Balaban J connectivity index is 1.27. The maximum Gasteiger partial charge on any atom is 0.229 e. The van der Waals surface area contributed by atoms with Crippen LogP contribution in [0.15, 0.2) is 54.1 Å². The zero-order valence-corrected chi connectivity index (χ0v) is 23.2. The molecule has 36 heavy (non-hydrogen) atoms. The molecule has 2 unspecified atom stereocenters. The van der Waals surface area contributed by atoms with Crippen molar-refractivity contribution in [2.45, 2.75) is 39.7 Å². The molecule has 1 saturated heterocycles. The molecular weight excluding hydrogens is 491 g/mol. The summed E-state index contributed by atoms with van der Waals surface area (Å²) in [7, 11) is 0. The molecule has 2 aromatic carbocycles. The van der Waals surface area contributed by atoms with Crippen LogP contribution >= 0.6 is 23.2 Å². The predicted octanol–water partition coefficient (Wildman–Crippen LogP) is 5.78. The van der Waals surface area contributed by atoms with Crippen molar-refractivity contribution >= 4 is 40.5 Å². The van der Waals surface area contributed by atoms with Crippen molar-refractivity contribution in [1.82, 2.24) is 15.1 Å². The molecule has 194 valence electrons. The van der Waals surface area contributed by atoms with E-state index in [1.54, 1.807) is 0 Å². The Morgan fingerprint density at radius 2 is 1.72 bits per heavy atom. The SMILES string of the molecule is CCCN1C(c2ccccc2)=C(C)C(C(=O)NCCCN2CCN(c3cccc(Cl)c3Cl)CC2)C1C. The average molecular weight is 530 g/mol. The van der Waals surface area contributed by atoms with Gasteiger partial charge in [0.25, 0.3) is 0 Å². The number of halogens is 2. The minimum Gasteiger partial charge on any atom is -0.368 e. The number of benzene rings is 2. The van der Waals surface area contributed by atoms with E-state index >= 15 is 0 Å². The van der Waals surface area contributed by atoms with Crippen molar-refractivity contribution in [1.29, 1.82) is 0 Å². The zero-order chi connectivity index (χ0) is 25.7. The molecule has 7 heteroatoms. The monoisotopic (exact) mass is 528 g/mol. The van der Waals surface area contributed by atoms with E-state index < -0.39 is 0 Å². The summed E-state index contributed by atoms with van der Waals surface area (Å²) in [6.07, 6.45) is 2.00. The van der Waals surface area contributed by atoms with Crippen LogP contribution < -0.4 is 10.2 Å². The number of piperazine rings is 1. The molecule has 2 aromatic rings. The summed E-state index contributed by atoms with van der Waals surface area (Å²) in [5.41, 5.74) is 4.61. The van der Waals surface area contributed by atoms with Crippen LogP contribution in [-0.4, -0.2) is 67.6 Å². The molecule has 0 aromatic heterocycles. The number of rotatable bonds is 9. The first kappa shape index (κ1) is 26.8. The van der Waals surface area contributed by atoms with Crippen molar-refractivity contribution in [3.63, 3.8) is 0 Å². The van der Waals surface area contributed by atoms with Gasteiger partial charge < -0.3 is 15.1 Å². The first-order valence-electron chi connectivity index (χ1n) is 13.1. The molecule has 2 atom stereocenters. The Hall–Kier alpha value is -2.21. The highest BCUT2D eigenvalue weighted by Gasteiger charge is 2.39. The largest absolute Gasteiger partial charge is 0.368 e. The lowest BCUT2D eigenvalue weighted by molar-refractivity contribution is -0.124. The van der Waals surface area contributed by atoms with Gasteiger partial charge in [-0.3, -0.25) is 9.69 Å². The number of carbonyl (C=O) groups excluding carboxylic acids is 1. The Morgan fingerprint density at radius 1 is 1.00 bits per heavy atom. The van der Waals surface area contributed by atoms with E-state index in [9.17, 15) is 4.79 Å². The van der Waals surface area contributed by atoms with E-state index in [2.05, 4.69) is 65.1 Å². The van der Waals surface area contributed by atoms with Crippen LogP contribution in [0.5, 0.6) is 0 Å². The van der Waals surface area contributed by atoms with Gasteiger partial charge in [-0.05, 0) is 56.5 Å². The summed E-state index contributed by atoms with van der Waals surface area (Å²) >= 11 is 12.6. The molecule has 2 aliphatic rings. The molecule has 4 rings (SSSR count). The van der Waals surface area contributed by atoms with Crippen molar-refractivity contribution in [3.05, 3.63) is 69.7 Å². The van der Waals surface area contributed by atoms with Gasteiger partial charge in [-0.25, -0.2) is 0 Å². The maximum atomic E-state index is 13.3. The summed E-state index contributed by atoms with van der Waals surface area (Å²) in [6.45, 7) is 12.9. The minimum atomic E-state index is -0.113. The number of hydrogen-bond acceptors (Lipinski definition) is 4. The zero-order valence-electron chi connectivity index (χ0n) is 21.6. The summed E-state index contributed by atoms with van der Waals surface area (Å²) in [4.78, 5) is 20.5. The highest BCUT2D eigenvalue weighted by molar-refractivity contribution is 6.43. The van der Waals surface area contributed by atoms with Gasteiger partial charge in [0, 0.05) is 51.0 Å². The Bertz CT molecular complexity index is 1070. The molecule has 5 nitrogen and oxygen atoms in total. The molecule has 1 N–H and O–H groups in total. The molecule has 0 saturated carbocycles. The second kappa shape index (κ2) is 12.4. The van der Waals surface area contributed by atoms with Crippen LogP contribution in [0, 0.1) is 5.92 Å². The second-order valence-electron chi connectivity index (χ2n) is 9.86. The van der Waals surface area contributed by atoms with E-state index in [0.717, 1.165) is 57.8 Å². The van der Waals surface area contributed by atoms with E-state index in [1.807, 2.05) is 24.3 Å². The topological polar surface area (TPSA) is 38.8 Å². The van der Waals surface area contributed by atoms with E-state index in [4.69, 9.17) is 23.2 Å². The van der Waals surface area contributed by atoms with Crippen LogP contribution in [0.25, 0.3) is 5.70 Å². The highest BCUT2D eigenvalue weighted by atomic mass is 35.5. The summed E-state index contributed by atoms with van der Waals surface area (Å²) in [6, 6.07) is 16.4. The summed E-state index contributed by atoms with van der Waals surface area (Å²) < 4.78 is 0. The minimum absolute atomic E-state index is 0.113. The van der Waals surface area contributed by atoms with Gasteiger partial charge in [0.15, 0.2) is 0 Å². The third kappa shape index (κ3) is 5.85. The molecule has 0 radical (unpaired) electrons. The molecule has 0 bridgehead atoms. The van der Waals surface area contributed by atoms with Gasteiger partial charge in [-0.15, -0.1) is 0 Å². The maximum absolute atomic E-state index is 13.3. The third-order valence-corrected chi connectivity index (χ3v) is 8.30. The fourth-order valence-corrected chi connectivity index (χ4v) is 6.07. The van der Waals surface area contributed by atoms with E-state index in [-0.39, 0.29) is 17.9 Å². The smallest absolute Gasteiger partial charge is 0.229 e. The van der Waals surface area contributed by atoms with Crippen LogP contribution in [0.1, 0.15) is 39.2 Å². The van der Waals surface area contributed by atoms with E-state index in [0.29, 0.717) is 16.6 Å². The first-order chi connectivity index (χ1) is 17.4. The highest BCUT2D eigenvalue weighted by Crippen LogP contribution is 2.39. The molecule has 0 aliphatic carbocycles. The molecule has 1 fully saturated rings. The summed E-state index contributed by atoms with van der Waals surface area (Å²) in [5, 5.41) is 4.47. The lowest BCUT2D eigenvalue weighted by Crippen LogP contribution is -2.47. The van der Waals surface area contributed by atoms with Crippen LogP contribution in [0.4, 0.5) is 5.69 Å². The Labute approximate surface area is 226 Å². The van der Waals surface area contributed by atoms with Gasteiger partial charge in [0.2, 0.25) is 5.91 Å². The van der Waals surface area contributed by atoms with Gasteiger partial charge in [0.05, 0.1) is 21.7 Å². The van der Waals surface area contributed by atoms with Crippen molar-refractivity contribution in [2.24, 2.45) is 5.92 Å². The van der Waals surface area contributed by atoms with Crippen LogP contribution in [0.3, 0.4) is 0 Å². The number of amides is 1. The molecule has 2 heterocycles. The quantitative estimate of drug-likeness (QED) is 0.418. The van der Waals surface area contributed by atoms with Gasteiger partial charge in [-0.2, -0.15) is 0 Å². The molecule has 1 amide bonds. The van der Waals surface area contributed by atoms with Crippen molar-refractivity contribution in [3.8, 4) is 0 Å². The van der Waals surface area contributed by atoms with Crippen molar-refractivity contribution in [2.75, 3.05) is 50.7 Å². The lowest BCUT2D eigenvalue weighted by atomic mass is 9.94. The first-order valence-corrected chi connectivity index (χ1v) is 13.9. The van der Waals surface area contributed by atoms with Crippen LogP contribution in [0.2, 0.25) is 10.0 Å². The standard InChI is InChI=1S/C29H38Cl2N4O/c1-4-15-35-22(3)26(21(2)28(35)23-10-6-5-7-11-23)29(36)32-14-9-16-33-17-19-34(20-18-33)25-13-8-12-24(30)27(25)31/h5-8,10-13,22,26H,4,9,14-20H2,1-3H3,(H,32,36). The van der Waals surface area contributed by atoms with Gasteiger partial charge in [-0.1, -0.05) is 66.5 Å². The Morgan fingerprint density at radius 3 is 2.42 bits per heavy atom. The molecule has 2 aliphatic heterocycles. The number of carbonyl (C=O) groups is 1. The third-order valence-electron chi connectivity index (χ3n) is 7.49. The van der Waals surface area contributed by atoms with Crippen LogP contribution in [-0.2, 0) is 4.79 Å². The fraction of sp³-hybridized carbons (Fsp3) is 0.483. The number of hydrogen-bond donors (Lipinski definition) is 1. The lowest BCUT2D eigenvalue weighted by Gasteiger charge is -2.36. The average Bonchev–Trinajstić information content (AvgIpc) is 3.13. The predicted molar refractivity (Wildman–Crippen MR) is 152 cm³/mol. The molecular formula is C29H38Cl2N4O. The molecule has 0 spiro atoms. The van der Waals surface area contributed by atoms with Gasteiger partial charge >= 0.3 is 0 Å². The number of anilines is 1.